The summed E-state index contributed by atoms with van der Waals surface area (Å²) in [7, 11) is 0. The van der Waals surface area contributed by atoms with Crippen molar-refractivity contribution in [1.29, 1.82) is 0 Å². The molecule has 1 amide bonds. The summed E-state index contributed by atoms with van der Waals surface area (Å²) in [6.45, 7) is 3.54. The zero-order valence-electron chi connectivity index (χ0n) is 10.2. The molecule has 0 aliphatic carbocycles. The second-order valence-corrected chi connectivity index (χ2v) is 5.14. The Morgan fingerprint density at radius 1 is 1.50 bits per heavy atom. The molecule has 2 rings (SSSR count). The molecule has 1 unspecified atom stereocenters. The van der Waals surface area contributed by atoms with Crippen LogP contribution in [0.5, 0.6) is 0 Å². The van der Waals surface area contributed by atoms with Crippen LogP contribution in [-0.4, -0.2) is 42.5 Å². The van der Waals surface area contributed by atoms with Gasteiger partial charge in [-0.2, -0.15) is 0 Å². The van der Waals surface area contributed by atoms with Gasteiger partial charge in [-0.15, -0.1) is 11.6 Å². The molecule has 0 saturated carbocycles. The Balaban J connectivity index is 2.23. The zero-order valence-corrected chi connectivity index (χ0v) is 11.7. The molecule has 1 aliphatic rings. The van der Waals surface area contributed by atoms with Gasteiger partial charge in [0, 0.05) is 23.0 Å². The maximum atomic E-state index is 12.4. The first-order valence-electron chi connectivity index (χ1n) is 5.83. The van der Waals surface area contributed by atoms with Crippen molar-refractivity contribution in [3.8, 4) is 0 Å². The quantitative estimate of drug-likeness (QED) is 0.783. The summed E-state index contributed by atoms with van der Waals surface area (Å²) in [6, 6.07) is 5.30. The summed E-state index contributed by atoms with van der Waals surface area (Å²) in [5.41, 5.74) is 1.58. The number of alkyl halides is 1. The minimum atomic E-state index is -0.0628. The number of hydrogen-bond acceptors (Lipinski definition) is 2. The minimum Gasteiger partial charge on any atom is -0.377 e. The number of halogens is 2. The SMILES string of the molecule is Cc1cc(Cl)cc(C(=O)N2CCOCC2CCl)c1. The average molecular weight is 288 g/mol. The second-order valence-electron chi connectivity index (χ2n) is 4.40. The molecule has 1 aromatic carbocycles. The molecule has 0 radical (unpaired) electrons. The number of carbonyl (C=O) groups is 1. The van der Waals surface area contributed by atoms with Gasteiger partial charge < -0.3 is 9.64 Å². The van der Waals surface area contributed by atoms with E-state index < -0.39 is 0 Å². The van der Waals surface area contributed by atoms with Crippen molar-refractivity contribution >= 4 is 29.1 Å². The molecular formula is C13H15Cl2NO2. The van der Waals surface area contributed by atoms with Crippen LogP contribution < -0.4 is 0 Å². The van der Waals surface area contributed by atoms with Crippen LogP contribution in [0.2, 0.25) is 5.02 Å². The van der Waals surface area contributed by atoms with Crippen molar-refractivity contribution in [2.24, 2.45) is 0 Å². The topological polar surface area (TPSA) is 29.5 Å². The number of ether oxygens (including phenoxy) is 1. The van der Waals surface area contributed by atoms with Gasteiger partial charge in [0.1, 0.15) is 0 Å². The molecule has 0 N–H and O–H groups in total. The summed E-state index contributed by atoms with van der Waals surface area (Å²) in [5, 5.41) is 0.578. The van der Waals surface area contributed by atoms with Crippen LogP contribution in [0.1, 0.15) is 15.9 Å². The molecule has 1 atom stereocenters. The van der Waals surface area contributed by atoms with Gasteiger partial charge in [0.15, 0.2) is 0 Å². The lowest BCUT2D eigenvalue weighted by Crippen LogP contribution is -2.49. The van der Waals surface area contributed by atoms with Crippen LogP contribution in [0.4, 0.5) is 0 Å². The molecule has 1 saturated heterocycles. The Morgan fingerprint density at radius 3 is 2.94 bits per heavy atom. The van der Waals surface area contributed by atoms with Crippen molar-refractivity contribution in [2.75, 3.05) is 25.6 Å². The Bertz CT molecular complexity index is 430. The van der Waals surface area contributed by atoms with Crippen LogP contribution in [0.3, 0.4) is 0 Å². The fourth-order valence-corrected chi connectivity index (χ4v) is 2.62. The van der Waals surface area contributed by atoms with E-state index in [0.29, 0.717) is 36.2 Å². The Morgan fingerprint density at radius 2 is 2.28 bits per heavy atom. The van der Waals surface area contributed by atoms with Crippen molar-refractivity contribution in [3.05, 3.63) is 34.3 Å². The average Bonchev–Trinajstić information content (AvgIpc) is 2.36. The van der Waals surface area contributed by atoms with Gasteiger partial charge >= 0.3 is 0 Å². The monoisotopic (exact) mass is 287 g/mol. The molecule has 0 bridgehead atoms. The van der Waals surface area contributed by atoms with Crippen LogP contribution >= 0.6 is 23.2 Å². The Labute approximate surface area is 117 Å². The molecule has 0 aromatic heterocycles. The van der Waals surface area contributed by atoms with Gasteiger partial charge in [-0.1, -0.05) is 11.6 Å². The van der Waals surface area contributed by atoms with E-state index in [2.05, 4.69) is 0 Å². The number of carbonyl (C=O) groups excluding carboxylic acids is 1. The summed E-state index contributed by atoms with van der Waals surface area (Å²) < 4.78 is 5.33. The van der Waals surface area contributed by atoms with Crippen molar-refractivity contribution < 1.29 is 9.53 Å². The predicted molar refractivity (Wildman–Crippen MR) is 72.6 cm³/mol. The summed E-state index contributed by atoms with van der Waals surface area (Å²) in [5.74, 6) is 0.347. The first-order chi connectivity index (χ1) is 8.61. The van der Waals surface area contributed by atoms with E-state index in [0.717, 1.165) is 5.56 Å². The Hall–Kier alpha value is -0.770. The van der Waals surface area contributed by atoms with Crippen LogP contribution in [0.25, 0.3) is 0 Å². The van der Waals surface area contributed by atoms with Gasteiger partial charge in [0.05, 0.1) is 19.3 Å². The van der Waals surface area contributed by atoms with Crippen molar-refractivity contribution in [1.82, 2.24) is 4.90 Å². The lowest BCUT2D eigenvalue weighted by Gasteiger charge is -2.34. The molecular weight excluding hydrogens is 273 g/mol. The van der Waals surface area contributed by atoms with E-state index >= 15 is 0 Å². The number of nitrogens with zero attached hydrogens (tertiary/aromatic N) is 1. The van der Waals surface area contributed by atoms with E-state index in [4.69, 9.17) is 27.9 Å². The maximum absolute atomic E-state index is 12.4. The number of amides is 1. The molecule has 18 heavy (non-hydrogen) atoms. The number of morpholine rings is 1. The smallest absolute Gasteiger partial charge is 0.254 e. The summed E-state index contributed by atoms with van der Waals surface area (Å²) in [4.78, 5) is 14.2. The fourth-order valence-electron chi connectivity index (χ4n) is 2.08. The second kappa shape index (κ2) is 5.91. The minimum absolute atomic E-state index is 0.0328. The highest BCUT2D eigenvalue weighted by atomic mass is 35.5. The first-order valence-corrected chi connectivity index (χ1v) is 6.75. The van der Waals surface area contributed by atoms with Crippen LogP contribution in [-0.2, 0) is 4.74 Å². The third-order valence-corrected chi connectivity index (χ3v) is 3.53. The lowest BCUT2D eigenvalue weighted by atomic mass is 10.1. The van der Waals surface area contributed by atoms with Gasteiger partial charge in [0.25, 0.3) is 5.91 Å². The molecule has 5 heteroatoms. The van der Waals surface area contributed by atoms with E-state index in [-0.39, 0.29) is 11.9 Å². The van der Waals surface area contributed by atoms with Crippen LogP contribution in [0, 0.1) is 6.92 Å². The highest BCUT2D eigenvalue weighted by Gasteiger charge is 2.27. The largest absolute Gasteiger partial charge is 0.377 e. The molecule has 1 aromatic rings. The standard InChI is InChI=1S/C13H15Cl2NO2/c1-9-4-10(6-11(15)5-9)13(17)16-2-3-18-8-12(16)7-14/h4-6,12H,2-3,7-8H2,1H3. The van der Waals surface area contributed by atoms with E-state index in [1.165, 1.54) is 0 Å². The van der Waals surface area contributed by atoms with Crippen LogP contribution in [0.15, 0.2) is 18.2 Å². The summed E-state index contributed by atoms with van der Waals surface area (Å²) >= 11 is 11.9. The van der Waals surface area contributed by atoms with Crippen molar-refractivity contribution in [3.63, 3.8) is 0 Å². The number of rotatable bonds is 2. The predicted octanol–water partition coefficient (Wildman–Crippen LogP) is 2.73. The summed E-state index contributed by atoms with van der Waals surface area (Å²) in [6.07, 6.45) is 0. The normalized spacial score (nSPS) is 19.9. The third-order valence-electron chi connectivity index (χ3n) is 2.96. The van der Waals surface area contributed by atoms with E-state index in [9.17, 15) is 4.79 Å². The van der Waals surface area contributed by atoms with Gasteiger partial charge in [-0.25, -0.2) is 0 Å². The Kier molecular flexibility index (Phi) is 4.49. The van der Waals surface area contributed by atoms with Crippen molar-refractivity contribution in [2.45, 2.75) is 13.0 Å². The zero-order chi connectivity index (χ0) is 13.1. The highest BCUT2D eigenvalue weighted by Crippen LogP contribution is 2.19. The molecule has 1 aliphatic heterocycles. The number of benzene rings is 1. The molecule has 0 spiro atoms. The molecule has 1 fully saturated rings. The molecule has 98 valence electrons. The number of aryl methyl sites for hydroxylation is 1. The highest BCUT2D eigenvalue weighted by molar-refractivity contribution is 6.31. The fraction of sp³-hybridized carbons (Fsp3) is 0.462. The van der Waals surface area contributed by atoms with Gasteiger partial charge in [-0.05, 0) is 30.7 Å². The third kappa shape index (κ3) is 2.97. The van der Waals surface area contributed by atoms with E-state index in [1.54, 1.807) is 11.0 Å². The van der Waals surface area contributed by atoms with E-state index in [1.807, 2.05) is 19.1 Å². The molecule has 3 nitrogen and oxygen atoms in total. The molecule has 1 heterocycles. The maximum Gasteiger partial charge on any atom is 0.254 e. The first kappa shape index (κ1) is 13.7. The van der Waals surface area contributed by atoms with Gasteiger partial charge in [0.2, 0.25) is 0 Å². The van der Waals surface area contributed by atoms with Gasteiger partial charge in [-0.3, -0.25) is 4.79 Å². The lowest BCUT2D eigenvalue weighted by molar-refractivity contribution is 0.00456. The number of hydrogen-bond donors (Lipinski definition) is 0.